The highest BCUT2D eigenvalue weighted by atomic mass is 16.6. The molecule has 4 rings (SSSR count). The molecule has 0 amide bonds. The van der Waals surface area contributed by atoms with Gasteiger partial charge in [-0.15, -0.1) is 0 Å². The largest absolute Gasteiger partial charge is 0.482 e. The molecule has 29 heavy (non-hydrogen) atoms. The van der Waals surface area contributed by atoms with Crippen LogP contribution in [0.4, 0.5) is 0 Å². The second-order valence-corrected chi connectivity index (χ2v) is 7.58. The minimum Gasteiger partial charge on any atom is -0.482 e. The van der Waals surface area contributed by atoms with E-state index in [0.717, 1.165) is 22.4 Å². The zero-order valence-corrected chi connectivity index (χ0v) is 16.5. The molecule has 4 aromatic rings. The first-order valence-corrected chi connectivity index (χ1v) is 9.27. The van der Waals surface area contributed by atoms with Gasteiger partial charge >= 0.3 is 5.97 Å². The third-order valence-electron chi connectivity index (χ3n) is 4.05. The molecule has 0 saturated heterocycles. The van der Waals surface area contributed by atoms with Gasteiger partial charge in [0.15, 0.2) is 12.2 Å². The van der Waals surface area contributed by atoms with Crippen molar-refractivity contribution in [2.45, 2.75) is 26.4 Å². The van der Waals surface area contributed by atoms with E-state index < -0.39 is 11.6 Å². The van der Waals surface area contributed by atoms with Gasteiger partial charge in [-0.3, -0.25) is 0 Å². The van der Waals surface area contributed by atoms with Gasteiger partial charge in [-0.25, -0.2) is 9.78 Å². The third kappa shape index (κ3) is 4.48. The van der Waals surface area contributed by atoms with Gasteiger partial charge < -0.3 is 18.3 Å². The molecular weight excluding hydrogens is 370 g/mol. The Labute approximate surface area is 168 Å². The average molecular weight is 391 g/mol. The number of esters is 1. The van der Waals surface area contributed by atoms with Crippen LogP contribution < -0.4 is 4.74 Å². The fraction of sp³-hybridized carbons (Fsp3) is 0.217. The Kier molecular flexibility index (Phi) is 4.84. The summed E-state index contributed by atoms with van der Waals surface area (Å²) >= 11 is 0. The fourth-order valence-electron chi connectivity index (χ4n) is 2.88. The number of carbonyl (C=O) groups excluding carboxylic acids is 1. The summed E-state index contributed by atoms with van der Waals surface area (Å²) in [5, 5.41) is 0. The van der Waals surface area contributed by atoms with Gasteiger partial charge in [0.05, 0.1) is 6.26 Å². The summed E-state index contributed by atoms with van der Waals surface area (Å²) in [4.78, 5) is 16.4. The molecule has 0 atom stereocenters. The maximum Gasteiger partial charge on any atom is 0.344 e. The van der Waals surface area contributed by atoms with Crippen LogP contribution in [0.25, 0.3) is 33.9 Å². The second-order valence-electron chi connectivity index (χ2n) is 7.58. The van der Waals surface area contributed by atoms with E-state index in [4.69, 9.17) is 18.3 Å². The van der Waals surface area contributed by atoms with Crippen molar-refractivity contribution in [1.82, 2.24) is 4.98 Å². The lowest BCUT2D eigenvalue weighted by molar-refractivity contribution is -0.157. The summed E-state index contributed by atoms with van der Waals surface area (Å²) in [7, 11) is 0. The molecule has 0 aliphatic heterocycles. The summed E-state index contributed by atoms with van der Waals surface area (Å²) in [5.74, 6) is 1.35. The van der Waals surface area contributed by atoms with Gasteiger partial charge in [-0.1, -0.05) is 6.07 Å². The molecule has 0 unspecified atom stereocenters. The van der Waals surface area contributed by atoms with Gasteiger partial charge in [-0.2, -0.15) is 0 Å². The van der Waals surface area contributed by atoms with E-state index in [9.17, 15) is 4.79 Å². The van der Waals surface area contributed by atoms with Crippen LogP contribution in [0.1, 0.15) is 20.8 Å². The van der Waals surface area contributed by atoms with Crippen molar-refractivity contribution in [2.24, 2.45) is 0 Å². The molecule has 6 heteroatoms. The number of nitrogens with zero attached hydrogens (tertiary/aromatic N) is 1. The molecule has 148 valence electrons. The van der Waals surface area contributed by atoms with Gasteiger partial charge in [0.1, 0.15) is 22.6 Å². The van der Waals surface area contributed by atoms with Crippen LogP contribution in [-0.2, 0) is 9.53 Å². The number of oxazole rings is 1. The van der Waals surface area contributed by atoms with Gasteiger partial charge in [0, 0.05) is 11.1 Å². The van der Waals surface area contributed by atoms with Crippen LogP contribution in [0.15, 0.2) is 69.7 Å². The summed E-state index contributed by atoms with van der Waals surface area (Å²) in [6.07, 6.45) is 1.63. The zero-order valence-electron chi connectivity index (χ0n) is 16.5. The Bertz CT molecular complexity index is 1140. The van der Waals surface area contributed by atoms with Crippen molar-refractivity contribution in [3.8, 4) is 28.5 Å². The molecule has 0 radical (unpaired) electrons. The predicted octanol–water partition coefficient (Wildman–Crippen LogP) is 5.48. The van der Waals surface area contributed by atoms with E-state index in [1.807, 2.05) is 63.2 Å². The number of hydrogen-bond donors (Lipinski definition) is 0. The highest BCUT2D eigenvalue weighted by Gasteiger charge is 2.17. The summed E-state index contributed by atoms with van der Waals surface area (Å²) < 4.78 is 22.2. The van der Waals surface area contributed by atoms with E-state index >= 15 is 0 Å². The van der Waals surface area contributed by atoms with Crippen molar-refractivity contribution in [2.75, 3.05) is 6.61 Å². The monoisotopic (exact) mass is 391 g/mol. The normalized spacial score (nSPS) is 11.6. The smallest absolute Gasteiger partial charge is 0.344 e. The maximum atomic E-state index is 11.8. The zero-order chi connectivity index (χ0) is 20.4. The molecule has 0 fully saturated rings. The minimum absolute atomic E-state index is 0.166. The summed E-state index contributed by atoms with van der Waals surface area (Å²) in [5.41, 5.74) is 2.53. The van der Waals surface area contributed by atoms with Crippen LogP contribution in [-0.4, -0.2) is 23.2 Å². The molecule has 2 heterocycles. The van der Waals surface area contributed by atoms with Gasteiger partial charge in [0.25, 0.3) is 0 Å². The number of furan rings is 1. The van der Waals surface area contributed by atoms with Gasteiger partial charge in [-0.05, 0) is 69.3 Å². The molecule has 2 aromatic carbocycles. The van der Waals surface area contributed by atoms with E-state index in [2.05, 4.69) is 4.98 Å². The van der Waals surface area contributed by atoms with Crippen LogP contribution >= 0.6 is 0 Å². The topological polar surface area (TPSA) is 74.7 Å². The Hall–Kier alpha value is -3.54. The molecule has 2 aromatic heterocycles. The Morgan fingerprint density at radius 2 is 1.90 bits per heavy atom. The molecule has 0 spiro atoms. The van der Waals surface area contributed by atoms with E-state index in [1.165, 1.54) is 0 Å². The van der Waals surface area contributed by atoms with Crippen molar-refractivity contribution < 1.29 is 23.1 Å². The lowest BCUT2D eigenvalue weighted by atomic mass is 10.1. The fourth-order valence-corrected chi connectivity index (χ4v) is 2.88. The van der Waals surface area contributed by atoms with E-state index in [-0.39, 0.29) is 6.61 Å². The van der Waals surface area contributed by atoms with Crippen molar-refractivity contribution in [3.63, 3.8) is 0 Å². The number of rotatable bonds is 5. The lowest BCUT2D eigenvalue weighted by Gasteiger charge is -2.19. The molecule has 0 bridgehead atoms. The number of hydrogen-bond acceptors (Lipinski definition) is 6. The number of benzene rings is 2. The quantitative estimate of drug-likeness (QED) is 0.420. The van der Waals surface area contributed by atoms with Crippen molar-refractivity contribution in [3.05, 3.63) is 60.9 Å². The SMILES string of the molecule is CC(C)(C)OC(=O)COc1cccc(-c2nc3ccc(-c4ccco4)cc3o2)c1. The standard InChI is InChI=1S/C23H21NO5/c1-23(2,3)29-21(25)14-27-17-7-4-6-16(12-17)22-24-18-10-9-15(13-20(18)28-22)19-8-5-11-26-19/h4-13H,14H2,1-3H3. The van der Waals surface area contributed by atoms with Crippen LogP contribution in [0.2, 0.25) is 0 Å². The number of aromatic nitrogens is 1. The van der Waals surface area contributed by atoms with Gasteiger partial charge in [0.2, 0.25) is 5.89 Å². The van der Waals surface area contributed by atoms with Crippen molar-refractivity contribution in [1.29, 1.82) is 0 Å². The lowest BCUT2D eigenvalue weighted by Crippen LogP contribution is -2.27. The third-order valence-corrected chi connectivity index (χ3v) is 4.05. The first kappa shape index (κ1) is 18.8. The molecule has 0 N–H and O–H groups in total. The number of ether oxygens (including phenoxy) is 2. The van der Waals surface area contributed by atoms with E-state index in [1.54, 1.807) is 18.4 Å². The number of carbonyl (C=O) groups is 1. The van der Waals surface area contributed by atoms with E-state index in [0.29, 0.717) is 17.2 Å². The second kappa shape index (κ2) is 7.47. The Morgan fingerprint density at radius 3 is 2.66 bits per heavy atom. The first-order valence-electron chi connectivity index (χ1n) is 9.27. The number of fused-ring (bicyclic) bond motifs is 1. The molecule has 6 nitrogen and oxygen atoms in total. The Balaban J connectivity index is 1.53. The molecular formula is C23H21NO5. The molecule has 0 aliphatic rings. The average Bonchev–Trinajstić information content (AvgIpc) is 3.34. The van der Waals surface area contributed by atoms with Crippen molar-refractivity contribution >= 4 is 17.1 Å². The van der Waals surface area contributed by atoms with Crippen LogP contribution in [0.3, 0.4) is 0 Å². The minimum atomic E-state index is -0.547. The molecule has 0 aliphatic carbocycles. The Morgan fingerprint density at radius 1 is 1.03 bits per heavy atom. The van der Waals surface area contributed by atoms with Crippen LogP contribution in [0.5, 0.6) is 5.75 Å². The maximum absolute atomic E-state index is 11.8. The van der Waals surface area contributed by atoms with Crippen LogP contribution in [0, 0.1) is 0 Å². The highest BCUT2D eigenvalue weighted by Crippen LogP contribution is 2.30. The molecule has 0 saturated carbocycles. The first-order chi connectivity index (χ1) is 13.9. The highest BCUT2D eigenvalue weighted by molar-refractivity contribution is 5.81. The summed E-state index contributed by atoms with van der Waals surface area (Å²) in [6.45, 7) is 5.28. The summed E-state index contributed by atoms with van der Waals surface area (Å²) in [6, 6.07) is 16.7. The predicted molar refractivity (Wildman–Crippen MR) is 108 cm³/mol.